The molecule has 0 spiro atoms. The molecule has 0 unspecified atom stereocenters. The zero-order valence-corrected chi connectivity index (χ0v) is 42.6. The first-order valence-electron chi connectivity index (χ1n) is 24.4. The van der Waals surface area contributed by atoms with Crippen molar-refractivity contribution in [2.45, 2.75) is 130 Å². The average molecular weight is 913 g/mol. The third kappa shape index (κ3) is 11.1. The molecule has 6 nitrogen and oxygen atoms in total. The van der Waals surface area contributed by atoms with E-state index >= 15 is 0 Å². The van der Waals surface area contributed by atoms with Crippen LogP contribution in [0.3, 0.4) is 0 Å². The lowest BCUT2D eigenvalue weighted by molar-refractivity contribution is 0.214. The van der Waals surface area contributed by atoms with Crippen molar-refractivity contribution in [3.05, 3.63) is 175 Å². The minimum Gasteiger partial charge on any atom is -0.507 e. The molecular formula is C62H72O6. The Morgan fingerprint density at radius 2 is 0.559 bits per heavy atom. The molecule has 356 valence electrons. The third-order valence-corrected chi connectivity index (χ3v) is 13.4. The maximum Gasteiger partial charge on any atom is 0.126 e. The fourth-order valence-corrected chi connectivity index (χ4v) is 9.17. The molecule has 1 aliphatic carbocycles. The van der Waals surface area contributed by atoms with Gasteiger partial charge in [-0.3, -0.25) is 0 Å². The Balaban J connectivity index is 1.40. The first kappa shape index (κ1) is 48.3. The number of benzene rings is 6. The Hall–Kier alpha value is -6.14. The molecule has 0 amide bonds. The van der Waals surface area contributed by atoms with Crippen LogP contribution in [0.5, 0.6) is 34.5 Å². The van der Waals surface area contributed by atoms with Gasteiger partial charge in [0.1, 0.15) is 60.9 Å². The van der Waals surface area contributed by atoms with Crippen molar-refractivity contribution in [3.63, 3.8) is 0 Å². The van der Waals surface area contributed by atoms with Crippen LogP contribution >= 0.6 is 0 Å². The fourth-order valence-electron chi connectivity index (χ4n) is 9.17. The third-order valence-electron chi connectivity index (χ3n) is 13.4. The molecule has 0 saturated heterocycles. The van der Waals surface area contributed by atoms with Gasteiger partial charge >= 0.3 is 0 Å². The van der Waals surface area contributed by atoms with E-state index in [9.17, 15) is 10.2 Å². The molecule has 14 bridgehead atoms. The van der Waals surface area contributed by atoms with Gasteiger partial charge in [-0.2, -0.15) is 0 Å². The highest BCUT2D eigenvalue weighted by molar-refractivity contribution is 5.70. The van der Waals surface area contributed by atoms with Crippen LogP contribution in [0.4, 0.5) is 0 Å². The molecule has 13 rings (SSSR count). The molecule has 7 aliphatic rings. The quantitative estimate of drug-likeness (QED) is 0.158. The van der Waals surface area contributed by atoms with Crippen LogP contribution < -0.4 is 18.9 Å². The summed E-state index contributed by atoms with van der Waals surface area (Å²) in [4.78, 5) is 0. The summed E-state index contributed by atoms with van der Waals surface area (Å²) in [6.07, 6.45) is 5.90. The molecule has 68 heavy (non-hydrogen) atoms. The Bertz CT molecular complexity index is 2530. The summed E-state index contributed by atoms with van der Waals surface area (Å²) in [5.74, 6) is 3.57. The van der Waals surface area contributed by atoms with E-state index in [-0.39, 0.29) is 33.2 Å². The van der Waals surface area contributed by atoms with Gasteiger partial charge < -0.3 is 29.2 Å². The second kappa shape index (κ2) is 18.7. The van der Waals surface area contributed by atoms with E-state index in [1.54, 1.807) is 0 Å². The van der Waals surface area contributed by atoms with Crippen LogP contribution in [0, 0.1) is 0 Å². The van der Waals surface area contributed by atoms with Crippen LogP contribution in [-0.2, 0) is 47.3 Å². The number of ether oxygens (including phenoxy) is 4. The second-order valence-electron chi connectivity index (χ2n) is 23.1. The smallest absolute Gasteiger partial charge is 0.126 e. The highest BCUT2D eigenvalue weighted by Gasteiger charge is 2.29. The SMILES string of the molecule is CC(C)(C)c1cc2c(O)c(c1)Cc1cc(C(C)(C)C)cc3c1OCCOc1ccc(cc1)C=Cc1ccc(cc1)OCCOc1c(cc(C(C)(C)C)cc1Cc1cc(C(C)(C)C)cc(c1O)C3)C2. The van der Waals surface area contributed by atoms with Gasteiger partial charge in [-0.1, -0.05) is 168 Å². The lowest BCUT2D eigenvalue weighted by atomic mass is 9.79. The van der Waals surface area contributed by atoms with Crippen LogP contribution in [0.15, 0.2) is 97.1 Å². The maximum atomic E-state index is 12.7. The van der Waals surface area contributed by atoms with Gasteiger partial charge in [0.15, 0.2) is 0 Å². The monoisotopic (exact) mass is 913 g/mol. The molecule has 6 aliphatic heterocycles. The van der Waals surface area contributed by atoms with Gasteiger partial charge in [0.05, 0.1) is 0 Å². The van der Waals surface area contributed by atoms with Crippen LogP contribution in [0.1, 0.15) is 161 Å². The number of rotatable bonds is 0. The highest BCUT2D eigenvalue weighted by atomic mass is 16.5. The molecule has 0 fully saturated rings. The minimum absolute atomic E-state index is 0.203. The topological polar surface area (TPSA) is 77.4 Å². The number of phenols is 2. The molecule has 0 atom stereocenters. The Kier molecular flexibility index (Phi) is 13.3. The number of phenolic OH excluding ortho intramolecular Hbond substituents is 2. The van der Waals surface area contributed by atoms with Crippen molar-refractivity contribution in [3.8, 4) is 34.5 Å². The van der Waals surface area contributed by atoms with Gasteiger partial charge in [-0.15, -0.1) is 0 Å². The summed E-state index contributed by atoms with van der Waals surface area (Å²) in [6.45, 7) is 28.0. The fraction of sp³-hybridized carbons (Fsp3) is 0.387. The largest absolute Gasteiger partial charge is 0.507 e. The maximum absolute atomic E-state index is 12.7. The molecule has 6 heteroatoms. The van der Waals surface area contributed by atoms with Crippen molar-refractivity contribution in [1.29, 1.82) is 0 Å². The number of hydrogen-bond donors (Lipinski definition) is 2. The lowest BCUT2D eigenvalue weighted by Gasteiger charge is -2.28. The molecule has 0 saturated carbocycles. The van der Waals surface area contributed by atoms with Gasteiger partial charge in [0.25, 0.3) is 0 Å². The van der Waals surface area contributed by atoms with E-state index in [0.29, 0.717) is 52.1 Å². The standard InChI is InChI=1S/C62H72O6/c1-59(2,3)49-31-41-27-45-35-51(61(7,8)9)37-47-29-43-33-50(60(4,5)6)34-44(56(43)64)30-48-38-52(62(10,11)12)36-46(28-42(32-49)55(41)63)58(48)68-26-24-66-54-21-17-40(18-22-54)14-13-39-15-19-53(20-16-39)65-23-25-67-57(45)47/h13-22,31-38,63-64H,23-30H2,1-12H3. The van der Waals surface area contributed by atoms with Crippen molar-refractivity contribution >= 4 is 12.2 Å². The van der Waals surface area contributed by atoms with E-state index in [0.717, 1.165) is 101 Å². The number of aromatic hydroxyl groups is 2. The first-order valence-corrected chi connectivity index (χ1v) is 24.4. The van der Waals surface area contributed by atoms with Gasteiger partial charge in [-0.05, 0) is 124 Å². The van der Waals surface area contributed by atoms with Gasteiger partial charge in [0, 0.05) is 25.7 Å². The van der Waals surface area contributed by atoms with Crippen LogP contribution in [-0.4, -0.2) is 36.6 Å². The Morgan fingerprint density at radius 3 is 0.809 bits per heavy atom. The molecular weight excluding hydrogens is 841 g/mol. The molecule has 6 aromatic rings. The minimum atomic E-state index is -0.209. The average Bonchev–Trinajstić information content (AvgIpc) is 3.25. The van der Waals surface area contributed by atoms with Gasteiger partial charge in [0.2, 0.25) is 0 Å². The molecule has 6 aromatic carbocycles. The van der Waals surface area contributed by atoms with E-state index in [4.69, 9.17) is 18.9 Å². The van der Waals surface area contributed by atoms with E-state index in [2.05, 4.69) is 168 Å². The summed E-state index contributed by atoms with van der Waals surface area (Å²) < 4.78 is 26.5. The Morgan fingerprint density at radius 1 is 0.324 bits per heavy atom. The first-order chi connectivity index (χ1) is 32.0. The van der Waals surface area contributed by atoms with E-state index in [1.807, 2.05) is 24.3 Å². The number of hydrogen-bond acceptors (Lipinski definition) is 6. The zero-order valence-electron chi connectivity index (χ0n) is 42.6. The predicted octanol–water partition coefficient (Wildman–Crippen LogP) is 14.4. The summed E-state index contributed by atoms with van der Waals surface area (Å²) >= 11 is 0. The molecule has 0 radical (unpaired) electrons. The molecule has 0 aromatic heterocycles. The second-order valence-corrected chi connectivity index (χ2v) is 23.1. The van der Waals surface area contributed by atoms with E-state index < -0.39 is 0 Å². The van der Waals surface area contributed by atoms with E-state index in [1.165, 1.54) is 0 Å². The summed E-state index contributed by atoms with van der Waals surface area (Å²) in [5.41, 5.74) is 13.1. The normalized spacial score (nSPS) is 14.8. The zero-order chi connectivity index (χ0) is 48.8. The highest BCUT2D eigenvalue weighted by Crippen LogP contribution is 2.44. The van der Waals surface area contributed by atoms with Gasteiger partial charge in [-0.25, -0.2) is 0 Å². The summed E-state index contributed by atoms with van der Waals surface area (Å²) in [6, 6.07) is 33.9. The van der Waals surface area contributed by atoms with Crippen LogP contribution in [0.2, 0.25) is 0 Å². The van der Waals surface area contributed by atoms with Crippen molar-refractivity contribution in [2.24, 2.45) is 0 Å². The predicted molar refractivity (Wildman–Crippen MR) is 279 cm³/mol. The summed E-state index contributed by atoms with van der Waals surface area (Å²) in [7, 11) is 0. The molecule has 2 N–H and O–H groups in total. The van der Waals surface area contributed by atoms with Crippen molar-refractivity contribution in [2.75, 3.05) is 26.4 Å². The lowest BCUT2D eigenvalue weighted by Crippen LogP contribution is -2.18. The van der Waals surface area contributed by atoms with Crippen LogP contribution in [0.25, 0.3) is 12.2 Å². The Labute approximate surface area is 406 Å². The van der Waals surface area contributed by atoms with Crippen molar-refractivity contribution < 1.29 is 29.2 Å². The summed E-state index contributed by atoms with van der Waals surface area (Å²) in [5, 5.41) is 25.3. The van der Waals surface area contributed by atoms with Crippen molar-refractivity contribution in [1.82, 2.24) is 0 Å². The molecule has 6 heterocycles.